The van der Waals surface area contributed by atoms with Crippen molar-refractivity contribution in [3.8, 4) is 0 Å². The Hall–Kier alpha value is -1.37. The molecule has 2 aromatic heterocycles. The van der Waals surface area contributed by atoms with E-state index in [1.165, 1.54) is 10.9 Å². The molecule has 114 valence electrons. The highest BCUT2D eigenvalue weighted by Crippen LogP contribution is 2.36. The molecule has 4 rings (SSSR count). The number of nitrogens with zero attached hydrogens (tertiary/aromatic N) is 2. The van der Waals surface area contributed by atoms with Crippen LogP contribution >= 0.6 is 27.3 Å². The molecule has 0 unspecified atom stereocenters. The van der Waals surface area contributed by atoms with E-state index >= 15 is 0 Å². The molecule has 4 nitrogen and oxygen atoms in total. The summed E-state index contributed by atoms with van der Waals surface area (Å²) in [6, 6.07) is 8.31. The lowest BCUT2D eigenvalue weighted by atomic mass is 10.2. The Morgan fingerprint density at radius 1 is 1.23 bits per heavy atom. The Labute approximate surface area is 140 Å². The van der Waals surface area contributed by atoms with Gasteiger partial charge in [-0.1, -0.05) is 15.9 Å². The Balaban J connectivity index is 1.82. The number of thiophene rings is 1. The summed E-state index contributed by atoms with van der Waals surface area (Å²) < 4.78 is 8.54. The maximum Gasteiger partial charge on any atom is 0.264 e. The zero-order valence-electron chi connectivity index (χ0n) is 12.1. The fourth-order valence-corrected chi connectivity index (χ4v) is 4.45. The molecule has 22 heavy (non-hydrogen) atoms. The van der Waals surface area contributed by atoms with Crippen LogP contribution in [0.15, 0.2) is 28.7 Å². The molecule has 1 saturated heterocycles. The molecular formula is C16H15BrN2O2S. The van der Waals surface area contributed by atoms with Gasteiger partial charge >= 0.3 is 0 Å². The van der Waals surface area contributed by atoms with Gasteiger partial charge in [0.15, 0.2) is 0 Å². The molecule has 0 saturated carbocycles. The molecule has 0 radical (unpaired) electrons. The molecule has 0 aliphatic carbocycles. The number of benzene rings is 1. The first-order valence-electron chi connectivity index (χ1n) is 7.19. The molecule has 0 spiro atoms. The van der Waals surface area contributed by atoms with Crippen LogP contribution in [0.2, 0.25) is 0 Å². The van der Waals surface area contributed by atoms with Crippen molar-refractivity contribution in [3.63, 3.8) is 0 Å². The van der Waals surface area contributed by atoms with Gasteiger partial charge in [0.2, 0.25) is 0 Å². The van der Waals surface area contributed by atoms with Gasteiger partial charge in [-0.15, -0.1) is 11.3 Å². The van der Waals surface area contributed by atoms with Gasteiger partial charge in [0, 0.05) is 40.9 Å². The monoisotopic (exact) mass is 378 g/mol. The summed E-state index contributed by atoms with van der Waals surface area (Å²) in [6.45, 7) is 2.62. The number of aromatic nitrogens is 1. The first kappa shape index (κ1) is 14.2. The van der Waals surface area contributed by atoms with Gasteiger partial charge in [-0.25, -0.2) is 0 Å². The maximum absolute atomic E-state index is 12.6. The van der Waals surface area contributed by atoms with Gasteiger partial charge in [-0.3, -0.25) is 4.79 Å². The van der Waals surface area contributed by atoms with E-state index in [9.17, 15) is 4.79 Å². The zero-order chi connectivity index (χ0) is 15.3. The number of fused-ring (bicyclic) bond motifs is 3. The smallest absolute Gasteiger partial charge is 0.264 e. The Morgan fingerprint density at radius 3 is 2.77 bits per heavy atom. The van der Waals surface area contributed by atoms with Crippen LogP contribution in [0.25, 0.3) is 21.1 Å². The quantitative estimate of drug-likeness (QED) is 0.647. The first-order valence-corrected chi connectivity index (χ1v) is 8.80. The summed E-state index contributed by atoms with van der Waals surface area (Å²) in [4.78, 5) is 16.5. The van der Waals surface area contributed by atoms with Gasteiger partial charge in [0.25, 0.3) is 5.91 Å². The third-order valence-corrected chi connectivity index (χ3v) is 5.83. The van der Waals surface area contributed by atoms with Gasteiger partial charge in [0.05, 0.1) is 18.1 Å². The second kappa shape index (κ2) is 5.37. The normalized spacial score (nSPS) is 15.8. The minimum atomic E-state index is 0.118. The Morgan fingerprint density at radius 2 is 2.00 bits per heavy atom. The summed E-state index contributed by atoms with van der Waals surface area (Å²) in [5.74, 6) is 0.118. The highest BCUT2D eigenvalue weighted by Gasteiger charge is 2.22. The topological polar surface area (TPSA) is 34.5 Å². The molecule has 1 amide bonds. The molecule has 0 N–H and O–H groups in total. The third kappa shape index (κ3) is 2.17. The van der Waals surface area contributed by atoms with Gasteiger partial charge in [0.1, 0.15) is 4.83 Å². The third-order valence-electron chi connectivity index (χ3n) is 4.14. The maximum atomic E-state index is 12.6. The van der Waals surface area contributed by atoms with Crippen molar-refractivity contribution in [1.29, 1.82) is 0 Å². The van der Waals surface area contributed by atoms with E-state index in [0.717, 1.165) is 19.6 Å². The molecule has 0 atom stereocenters. The van der Waals surface area contributed by atoms with E-state index in [1.807, 2.05) is 17.0 Å². The molecule has 3 aromatic rings. The van der Waals surface area contributed by atoms with E-state index < -0.39 is 0 Å². The van der Waals surface area contributed by atoms with Gasteiger partial charge in [-0.2, -0.15) is 0 Å². The van der Waals surface area contributed by atoms with Gasteiger partial charge < -0.3 is 14.2 Å². The second-order valence-corrected chi connectivity index (χ2v) is 7.40. The van der Waals surface area contributed by atoms with Crippen LogP contribution in [-0.4, -0.2) is 41.7 Å². The second-order valence-electron chi connectivity index (χ2n) is 5.45. The number of carbonyl (C=O) groups is 1. The first-order chi connectivity index (χ1) is 10.6. The number of morpholine rings is 1. The SMILES string of the molecule is Cn1c2ccc(Br)cc2c2cc(C(=O)N3CCOCC3)sc21. The highest BCUT2D eigenvalue weighted by atomic mass is 79.9. The molecular weight excluding hydrogens is 364 g/mol. The van der Waals surface area contributed by atoms with Crippen molar-refractivity contribution in [2.75, 3.05) is 26.3 Å². The summed E-state index contributed by atoms with van der Waals surface area (Å²) in [6.07, 6.45) is 0. The number of halogens is 1. The van der Waals surface area contributed by atoms with Crippen molar-refractivity contribution in [2.45, 2.75) is 0 Å². The number of ether oxygens (including phenoxy) is 1. The molecule has 1 aromatic carbocycles. The van der Waals surface area contributed by atoms with Crippen LogP contribution in [0.5, 0.6) is 0 Å². The summed E-state index contributed by atoms with van der Waals surface area (Å²) in [7, 11) is 2.05. The Kier molecular flexibility index (Phi) is 3.47. The number of hydrogen-bond donors (Lipinski definition) is 0. The summed E-state index contributed by atoms with van der Waals surface area (Å²) in [5, 5.41) is 2.34. The molecule has 6 heteroatoms. The lowest BCUT2D eigenvalue weighted by Gasteiger charge is -2.26. The minimum absolute atomic E-state index is 0.118. The number of carbonyl (C=O) groups excluding carboxylic acids is 1. The van der Waals surface area contributed by atoms with Crippen LogP contribution < -0.4 is 0 Å². The summed E-state index contributed by atoms with van der Waals surface area (Å²) in [5.41, 5.74) is 1.19. The lowest BCUT2D eigenvalue weighted by molar-refractivity contribution is 0.0306. The number of rotatable bonds is 1. The van der Waals surface area contributed by atoms with Crippen LogP contribution in [0.3, 0.4) is 0 Å². The Bertz CT molecular complexity index is 877. The van der Waals surface area contributed by atoms with Crippen molar-refractivity contribution >= 4 is 54.3 Å². The number of hydrogen-bond acceptors (Lipinski definition) is 3. The fraction of sp³-hybridized carbons (Fsp3) is 0.312. The van der Waals surface area contributed by atoms with Crippen LogP contribution in [0.4, 0.5) is 0 Å². The zero-order valence-corrected chi connectivity index (χ0v) is 14.5. The predicted molar refractivity (Wildman–Crippen MR) is 92.7 cm³/mol. The number of aryl methyl sites for hydroxylation is 1. The van der Waals surface area contributed by atoms with Crippen molar-refractivity contribution in [3.05, 3.63) is 33.6 Å². The van der Waals surface area contributed by atoms with E-state index in [4.69, 9.17) is 4.74 Å². The largest absolute Gasteiger partial charge is 0.378 e. The van der Waals surface area contributed by atoms with Crippen molar-refractivity contribution < 1.29 is 9.53 Å². The molecule has 0 bridgehead atoms. The highest BCUT2D eigenvalue weighted by molar-refractivity contribution is 9.10. The summed E-state index contributed by atoms with van der Waals surface area (Å²) >= 11 is 5.10. The van der Waals surface area contributed by atoms with E-state index in [-0.39, 0.29) is 5.91 Å². The van der Waals surface area contributed by atoms with E-state index in [0.29, 0.717) is 26.3 Å². The fourth-order valence-electron chi connectivity index (χ4n) is 2.98. The van der Waals surface area contributed by atoms with E-state index in [1.54, 1.807) is 11.3 Å². The average molecular weight is 379 g/mol. The van der Waals surface area contributed by atoms with E-state index in [2.05, 4.69) is 39.7 Å². The standard InChI is InChI=1S/C16H15BrN2O2S/c1-18-13-3-2-10(17)8-11(13)12-9-14(22-16(12)18)15(20)19-4-6-21-7-5-19/h2-3,8-9H,4-7H2,1H3. The van der Waals surface area contributed by atoms with Crippen molar-refractivity contribution in [2.24, 2.45) is 7.05 Å². The molecule has 1 aliphatic rings. The molecule has 3 heterocycles. The molecule has 1 fully saturated rings. The minimum Gasteiger partial charge on any atom is -0.378 e. The molecule has 1 aliphatic heterocycles. The average Bonchev–Trinajstić information content (AvgIpc) is 3.08. The van der Waals surface area contributed by atoms with Crippen LogP contribution in [-0.2, 0) is 11.8 Å². The van der Waals surface area contributed by atoms with Crippen molar-refractivity contribution in [1.82, 2.24) is 9.47 Å². The van der Waals surface area contributed by atoms with Crippen LogP contribution in [0, 0.1) is 0 Å². The van der Waals surface area contributed by atoms with Crippen LogP contribution in [0.1, 0.15) is 9.67 Å². The lowest BCUT2D eigenvalue weighted by Crippen LogP contribution is -2.40. The van der Waals surface area contributed by atoms with Gasteiger partial charge in [-0.05, 0) is 24.3 Å². The predicted octanol–water partition coefficient (Wildman–Crippen LogP) is 3.63. The number of amides is 1.